The van der Waals surface area contributed by atoms with E-state index in [-0.39, 0.29) is 30.0 Å². The minimum Gasteiger partial charge on any atom is -0.404 e. The lowest BCUT2D eigenvalue weighted by atomic mass is 10.2. The maximum Gasteiger partial charge on any atom is 0.573 e. The fraction of sp³-hybridized carbons (Fsp3) is 0.188. The summed E-state index contributed by atoms with van der Waals surface area (Å²) < 4.78 is 40.9. The summed E-state index contributed by atoms with van der Waals surface area (Å²) in [6, 6.07) is 11.0. The molecule has 0 aliphatic heterocycles. The van der Waals surface area contributed by atoms with Crippen LogP contribution in [0, 0.1) is 10.1 Å². The number of carbonyl (C=O) groups is 1. The van der Waals surface area contributed by atoms with Crippen molar-refractivity contribution in [1.82, 2.24) is 0 Å². The first-order valence-electron chi connectivity index (χ1n) is 7.38. The molecule has 2 rings (SSSR count). The molecule has 0 spiro atoms. The molecule has 0 unspecified atom stereocenters. The van der Waals surface area contributed by atoms with Crippen LogP contribution < -0.4 is 15.4 Å². The molecule has 2 aromatic carbocycles. The summed E-state index contributed by atoms with van der Waals surface area (Å²) in [4.78, 5) is 22.2. The van der Waals surface area contributed by atoms with Gasteiger partial charge < -0.3 is 15.4 Å². The molecule has 26 heavy (non-hydrogen) atoms. The highest BCUT2D eigenvalue weighted by Crippen LogP contribution is 2.30. The highest BCUT2D eigenvalue weighted by Gasteiger charge is 2.32. The summed E-state index contributed by atoms with van der Waals surface area (Å²) in [5, 5.41) is 16.0. The average Bonchev–Trinajstić information content (AvgIpc) is 2.55. The summed E-state index contributed by atoms with van der Waals surface area (Å²) in [5.41, 5.74) is -0.0246. The van der Waals surface area contributed by atoms with Gasteiger partial charge >= 0.3 is 6.36 Å². The van der Waals surface area contributed by atoms with Gasteiger partial charge in [-0.1, -0.05) is 24.3 Å². The minimum absolute atomic E-state index is 0.0545. The fourth-order valence-corrected chi connectivity index (χ4v) is 2.09. The SMILES string of the molecule is O=C(CCNc1ccccc1[N+](=O)[O-])Nc1ccccc1OC(F)(F)F. The Morgan fingerprint density at radius 1 is 1.08 bits per heavy atom. The smallest absolute Gasteiger partial charge is 0.404 e. The Morgan fingerprint density at radius 2 is 1.69 bits per heavy atom. The van der Waals surface area contributed by atoms with Gasteiger partial charge in [-0.25, -0.2) is 0 Å². The number of rotatable bonds is 7. The number of hydrogen-bond donors (Lipinski definition) is 2. The van der Waals surface area contributed by atoms with Crippen LogP contribution in [0.25, 0.3) is 0 Å². The number of nitrogens with zero attached hydrogens (tertiary/aromatic N) is 1. The Kier molecular flexibility index (Phi) is 5.99. The molecular formula is C16H14F3N3O4. The van der Waals surface area contributed by atoms with E-state index >= 15 is 0 Å². The van der Waals surface area contributed by atoms with E-state index in [1.807, 2.05) is 0 Å². The second kappa shape index (κ2) is 8.19. The average molecular weight is 369 g/mol. The van der Waals surface area contributed by atoms with Crippen molar-refractivity contribution in [3.63, 3.8) is 0 Å². The second-order valence-electron chi connectivity index (χ2n) is 5.04. The lowest BCUT2D eigenvalue weighted by molar-refractivity contribution is -0.384. The maximum atomic E-state index is 12.4. The van der Waals surface area contributed by atoms with Crippen LogP contribution in [0.4, 0.5) is 30.2 Å². The molecule has 2 aromatic rings. The summed E-state index contributed by atoms with van der Waals surface area (Å²) in [6.07, 6.45) is -5.00. The van der Waals surface area contributed by atoms with Crippen molar-refractivity contribution in [2.75, 3.05) is 17.2 Å². The van der Waals surface area contributed by atoms with Gasteiger partial charge in [-0.15, -0.1) is 13.2 Å². The molecule has 0 fully saturated rings. The van der Waals surface area contributed by atoms with Gasteiger partial charge in [0.15, 0.2) is 5.75 Å². The standard InChI is InChI=1S/C16H14F3N3O4/c17-16(18,19)26-14-8-4-2-6-12(14)21-15(23)9-10-20-11-5-1-3-7-13(11)22(24)25/h1-8,20H,9-10H2,(H,21,23). The number of ether oxygens (including phenoxy) is 1. The number of hydrogen-bond acceptors (Lipinski definition) is 5. The van der Waals surface area contributed by atoms with Gasteiger partial charge in [-0.05, 0) is 18.2 Å². The number of anilines is 2. The van der Waals surface area contributed by atoms with Gasteiger partial charge in [0, 0.05) is 19.0 Å². The zero-order valence-electron chi connectivity index (χ0n) is 13.2. The number of nitro benzene ring substituents is 1. The molecule has 138 valence electrons. The number of amides is 1. The summed E-state index contributed by atoms with van der Waals surface area (Å²) in [6.45, 7) is 0.0545. The summed E-state index contributed by atoms with van der Waals surface area (Å²) in [7, 11) is 0. The van der Waals surface area contributed by atoms with Crippen molar-refractivity contribution in [2.45, 2.75) is 12.8 Å². The quantitative estimate of drug-likeness (QED) is 0.570. The van der Waals surface area contributed by atoms with Crippen LogP contribution in [0.3, 0.4) is 0 Å². The Balaban J connectivity index is 1.93. The molecular weight excluding hydrogens is 355 g/mol. The highest BCUT2D eigenvalue weighted by atomic mass is 19.4. The number of halogens is 3. The van der Waals surface area contributed by atoms with E-state index in [1.165, 1.54) is 36.4 Å². The van der Waals surface area contributed by atoms with Crippen LogP contribution in [-0.2, 0) is 4.79 Å². The van der Waals surface area contributed by atoms with Crippen molar-refractivity contribution in [2.24, 2.45) is 0 Å². The molecule has 0 heterocycles. The third-order valence-electron chi connectivity index (χ3n) is 3.16. The Hall–Kier alpha value is -3.30. The van der Waals surface area contributed by atoms with E-state index < -0.39 is 22.9 Å². The molecule has 0 aliphatic rings. The highest BCUT2D eigenvalue weighted by molar-refractivity contribution is 5.92. The first kappa shape index (κ1) is 19.0. The van der Waals surface area contributed by atoms with E-state index in [2.05, 4.69) is 15.4 Å². The van der Waals surface area contributed by atoms with Crippen molar-refractivity contribution in [1.29, 1.82) is 0 Å². The number of carbonyl (C=O) groups excluding carboxylic acids is 1. The van der Waals surface area contributed by atoms with E-state index in [0.717, 1.165) is 6.07 Å². The molecule has 0 radical (unpaired) electrons. The van der Waals surface area contributed by atoms with E-state index in [4.69, 9.17) is 0 Å². The first-order valence-corrected chi connectivity index (χ1v) is 7.38. The lowest BCUT2D eigenvalue weighted by Gasteiger charge is -2.14. The van der Waals surface area contributed by atoms with Crippen molar-refractivity contribution < 1.29 is 27.6 Å². The summed E-state index contributed by atoms with van der Waals surface area (Å²) in [5.74, 6) is -1.10. The first-order chi connectivity index (χ1) is 12.3. The zero-order chi connectivity index (χ0) is 19.2. The van der Waals surface area contributed by atoms with Gasteiger partial charge in [-0.2, -0.15) is 0 Å². The molecule has 0 saturated heterocycles. The molecule has 0 aliphatic carbocycles. The van der Waals surface area contributed by atoms with Crippen LogP contribution in [0.5, 0.6) is 5.75 Å². The van der Waals surface area contributed by atoms with Crippen LogP contribution >= 0.6 is 0 Å². The molecule has 0 atom stereocenters. The normalized spacial score (nSPS) is 10.9. The minimum atomic E-state index is -4.88. The van der Waals surface area contributed by atoms with Gasteiger partial charge in [-0.3, -0.25) is 14.9 Å². The molecule has 7 nitrogen and oxygen atoms in total. The number of para-hydroxylation sites is 4. The number of nitro groups is 1. The molecule has 0 bridgehead atoms. The third-order valence-corrected chi connectivity index (χ3v) is 3.16. The largest absolute Gasteiger partial charge is 0.573 e. The van der Waals surface area contributed by atoms with E-state index in [9.17, 15) is 28.1 Å². The molecule has 1 amide bonds. The van der Waals surface area contributed by atoms with Crippen molar-refractivity contribution in [3.8, 4) is 5.75 Å². The second-order valence-corrected chi connectivity index (χ2v) is 5.04. The van der Waals surface area contributed by atoms with Crippen LogP contribution in [-0.4, -0.2) is 23.7 Å². The topological polar surface area (TPSA) is 93.5 Å². The van der Waals surface area contributed by atoms with Crippen LogP contribution in [0.1, 0.15) is 6.42 Å². The fourth-order valence-electron chi connectivity index (χ4n) is 2.09. The number of benzene rings is 2. The Morgan fingerprint density at radius 3 is 2.35 bits per heavy atom. The van der Waals surface area contributed by atoms with Gasteiger partial charge in [0.05, 0.1) is 10.6 Å². The number of alkyl halides is 3. The van der Waals surface area contributed by atoms with Gasteiger partial charge in [0.2, 0.25) is 5.91 Å². The lowest BCUT2D eigenvalue weighted by Crippen LogP contribution is -2.20. The maximum absolute atomic E-state index is 12.4. The van der Waals surface area contributed by atoms with E-state index in [0.29, 0.717) is 0 Å². The van der Waals surface area contributed by atoms with E-state index in [1.54, 1.807) is 6.07 Å². The third kappa shape index (κ3) is 5.65. The van der Waals surface area contributed by atoms with Crippen LogP contribution in [0.2, 0.25) is 0 Å². The zero-order valence-corrected chi connectivity index (χ0v) is 13.2. The predicted molar refractivity (Wildman–Crippen MR) is 88.0 cm³/mol. The number of nitrogens with one attached hydrogen (secondary N) is 2. The Bertz CT molecular complexity index is 796. The molecule has 0 saturated carbocycles. The summed E-state index contributed by atoms with van der Waals surface area (Å²) >= 11 is 0. The molecule has 0 aromatic heterocycles. The Labute approximate surface area is 145 Å². The van der Waals surface area contributed by atoms with Crippen LogP contribution in [0.15, 0.2) is 48.5 Å². The monoisotopic (exact) mass is 369 g/mol. The van der Waals surface area contributed by atoms with Gasteiger partial charge in [0.1, 0.15) is 5.69 Å². The van der Waals surface area contributed by atoms with Gasteiger partial charge in [0.25, 0.3) is 5.69 Å². The molecule has 10 heteroatoms. The predicted octanol–water partition coefficient (Wildman–Crippen LogP) is 3.93. The van der Waals surface area contributed by atoms with Crippen molar-refractivity contribution in [3.05, 3.63) is 58.6 Å². The molecule has 2 N–H and O–H groups in total. The van der Waals surface area contributed by atoms with Crippen molar-refractivity contribution >= 4 is 23.0 Å².